The van der Waals surface area contributed by atoms with E-state index in [-0.39, 0.29) is 5.41 Å². The average Bonchev–Trinajstić information content (AvgIpc) is 2.59. The lowest BCUT2D eigenvalue weighted by molar-refractivity contribution is 0.544. The number of rotatable bonds is 1. The molecule has 0 atom stereocenters. The summed E-state index contributed by atoms with van der Waals surface area (Å²) in [5, 5.41) is 9.07. The van der Waals surface area contributed by atoms with Gasteiger partial charge in [0, 0.05) is 10.4 Å². The van der Waals surface area contributed by atoms with Crippen LogP contribution in [-0.2, 0) is 5.41 Å². The lowest BCUT2D eigenvalue weighted by Crippen LogP contribution is -2.19. The van der Waals surface area contributed by atoms with Crippen molar-refractivity contribution in [2.45, 2.75) is 26.2 Å². The Labute approximate surface area is 116 Å². The van der Waals surface area contributed by atoms with Crippen molar-refractivity contribution in [2.75, 3.05) is 5.73 Å². The van der Waals surface area contributed by atoms with Gasteiger partial charge in [-0.05, 0) is 18.2 Å². The summed E-state index contributed by atoms with van der Waals surface area (Å²) in [6.45, 7) is 6.13. The highest BCUT2D eigenvalue weighted by molar-refractivity contribution is 6.35. The van der Waals surface area contributed by atoms with Gasteiger partial charge in [-0.25, -0.2) is 4.68 Å². The fourth-order valence-corrected chi connectivity index (χ4v) is 2.31. The molecule has 1 aromatic heterocycles. The van der Waals surface area contributed by atoms with Crippen LogP contribution in [-0.4, -0.2) is 15.0 Å². The van der Waals surface area contributed by atoms with Crippen LogP contribution in [0.5, 0.6) is 0 Å². The van der Waals surface area contributed by atoms with Crippen LogP contribution in [0.4, 0.5) is 5.82 Å². The molecule has 0 amide bonds. The summed E-state index contributed by atoms with van der Waals surface area (Å²) in [6.07, 6.45) is 0. The number of hydrogen-bond acceptors (Lipinski definition) is 3. The van der Waals surface area contributed by atoms with E-state index in [1.165, 1.54) is 0 Å². The van der Waals surface area contributed by atoms with E-state index in [1.54, 1.807) is 22.9 Å². The second-order valence-electron chi connectivity index (χ2n) is 5.08. The Morgan fingerprint density at radius 2 is 1.89 bits per heavy atom. The van der Waals surface area contributed by atoms with Crippen LogP contribution in [0.15, 0.2) is 18.2 Å². The fourth-order valence-electron chi connectivity index (χ4n) is 1.82. The second-order valence-corrected chi connectivity index (χ2v) is 5.92. The molecule has 0 saturated carbocycles. The maximum Gasteiger partial charge on any atom is 0.170 e. The quantitative estimate of drug-likeness (QED) is 0.873. The molecule has 0 spiro atoms. The molecule has 0 aliphatic carbocycles. The largest absolute Gasteiger partial charge is 0.381 e. The monoisotopic (exact) mass is 284 g/mol. The van der Waals surface area contributed by atoms with Crippen molar-refractivity contribution in [3.05, 3.63) is 33.9 Å². The molecular weight excluding hydrogens is 271 g/mol. The van der Waals surface area contributed by atoms with Crippen LogP contribution >= 0.6 is 23.2 Å². The van der Waals surface area contributed by atoms with Gasteiger partial charge in [0.05, 0.1) is 16.4 Å². The molecule has 0 bridgehead atoms. The molecule has 0 unspecified atom stereocenters. The van der Waals surface area contributed by atoms with Crippen LogP contribution in [0.25, 0.3) is 5.69 Å². The number of nitrogens with two attached hydrogens (primary N) is 1. The SMILES string of the molecule is CC(C)(C)c1c(N)nnn1-c1ccc(Cl)cc1Cl. The third-order valence-corrected chi connectivity index (χ3v) is 3.08. The molecule has 0 fully saturated rings. The first-order chi connectivity index (χ1) is 8.30. The lowest BCUT2D eigenvalue weighted by Gasteiger charge is -2.20. The smallest absolute Gasteiger partial charge is 0.170 e. The van der Waals surface area contributed by atoms with Crippen molar-refractivity contribution in [3.63, 3.8) is 0 Å². The molecule has 0 radical (unpaired) electrons. The Bertz CT molecular complexity index is 584. The van der Waals surface area contributed by atoms with Crippen molar-refractivity contribution >= 4 is 29.0 Å². The zero-order valence-electron chi connectivity index (χ0n) is 10.4. The Morgan fingerprint density at radius 1 is 1.22 bits per heavy atom. The Kier molecular flexibility index (Phi) is 3.25. The Hall–Kier alpha value is -1.26. The number of halogens is 2. The van der Waals surface area contributed by atoms with Gasteiger partial charge in [-0.15, -0.1) is 5.10 Å². The third kappa shape index (κ3) is 2.31. The van der Waals surface area contributed by atoms with Gasteiger partial charge in [-0.1, -0.05) is 49.2 Å². The maximum atomic E-state index is 6.18. The fraction of sp³-hybridized carbons (Fsp3) is 0.333. The van der Waals surface area contributed by atoms with E-state index in [2.05, 4.69) is 10.3 Å². The minimum absolute atomic E-state index is 0.184. The predicted molar refractivity (Wildman–Crippen MR) is 74.5 cm³/mol. The van der Waals surface area contributed by atoms with Gasteiger partial charge in [-0.2, -0.15) is 0 Å². The number of nitrogens with zero attached hydrogens (tertiary/aromatic N) is 3. The summed E-state index contributed by atoms with van der Waals surface area (Å²) >= 11 is 12.1. The third-order valence-electron chi connectivity index (χ3n) is 2.54. The van der Waals surface area contributed by atoms with E-state index in [0.29, 0.717) is 15.9 Å². The zero-order chi connectivity index (χ0) is 13.5. The molecule has 2 rings (SSSR count). The second kappa shape index (κ2) is 4.44. The van der Waals surface area contributed by atoms with E-state index in [4.69, 9.17) is 28.9 Å². The van der Waals surface area contributed by atoms with E-state index >= 15 is 0 Å². The van der Waals surface area contributed by atoms with Crippen molar-refractivity contribution < 1.29 is 0 Å². The van der Waals surface area contributed by atoms with Crippen LogP contribution < -0.4 is 5.73 Å². The van der Waals surface area contributed by atoms with Gasteiger partial charge in [0.2, 0.25) is 0 Å². The van der Waals surface area contributed by atoms with E-state index in [0.717, 1.165) is 11.4 Å². The van der Waals surface area contributed by atoms with Crippen LogP contribution in [0.2, 0.25) is 10.0 Å². The summed E-state index contributed by atoms with van der Waals surface area (Å²) in [6, 6.07) is 5.23. The summed E-state index contributed by atoms with van der Waals surface area (Å²) in [5.41, 5.74) is 7.24. The summed E-state index contributed by atoms with van der Waals surface area (Å²) in [7, 11) is 0. The molecule has 2 N–H and O–H groups in total. The number of anilines is 1. The van der Waals surface area contributed by atoms with Crippen molar-refractivity contribution in [1.29, 1.82) is 0 Å². The first kappa shape index (κ1) is 13.2. The predicted octanol–water partition coefficient (Wildman–Crippen LogP) is 3.45. The highest BCUT2D eigenvalue weighted by atomic mass is 35.5. The minimum atomic E-state index is -0.184. The zero-order valence-corrected chi connectivity index (χ0v) is 11.9. The van der Waals surface area contributed by atoms with Crippen LogP contribution in [0, 0.1) is 0 Å². The number of aromatic nitrogens is 3. The van der Waals surface area contributed by atoms with Gasteiger partial charge >= 0.3 is 0 Å². The van der Waals surface area contributed by atoms with Gasteiger partial charge < -0.3 is 5.73 Å². The number of hydrogen-bond donors (Lipinski definition) is 1. The summed E-state index contributed by atoms with van der Waals surface area (Å²) in [4.78, 5) is 0. The highest BCUT2D eigenvalue weighted by Crippen LogP contribution is 2.31. The Morgan fingerprint density at radius 3 is 2.44 bits per heavy atom. The van der Waals surface area contributed by atoms with Crippen LogP contribution in [0.1, 0.15) is 26.5 Å². The molecule has 4 nitrogen and oxygen atoms in total. The molecule has 18 heavy (non-hydrogen) atoms. The normalized spacial score (nSPS) is 11.8. The Balaban J connectivity index is 2.65. The van der Waals surface area contributed by atoms with Gasteiger partial charge in [0.1, 0.15) is 0 Å². The number of nitrogen functional groups attached to an aromatic ring is 1. The van der Waals surface area contributed by atoms with Gasteiger partial charge in [0.15, 0.2) is 5.82 Å². The molecule has 2 aromatic rings. The minimum Gasteiger partial charge on any atom is -0.381 e. The van der Waals surface area contributed by atoms with Gasteiger partial charge in [-0.3, -0.25) is 0 Å². The van der Waals surface area contributed by atoms with Crippen molar-refractivity contribution in [3.8, 4) is 5.69 Å². The molecule has 1 heterocycles. The molecule has 6 heteroatoms. The van der Waals surface area contributed by atoms with Gasteiger partial charge in [0.25, 0.3) is 0 Å². The summed E-state index contributed by atoms with van der Waals surface area (Å²) < 4.78 is 1.66. The maximum absolute atomic E-state index is 6.18. The summed E-state index contributed by atoms with van der Waals surface area (Å²) in [5.74, 6) is 0.411. The molecular formula is C12H14Cl2N4. The lowest BCUT2D eigenvalue weighted by atomic mass is 9.91. The van der Waals surface area contributed by atoms with Crippen molar-refractivity contribution in [2.24, 2.45) is 0 Å². The topological polar surface area (TPSA) is 56.7 Å². The van der Waals surface area contributed by atoms with Crippen molar-refractivity contribution in [1.82, 2.24) is 15.0 Å². The van der Waals surface area contributed by atoms with Crippen LogP contribution in [0.3, 0.4) is 0 Å². The number of benzene rings is 1. The highest BCUT2D eigenvalue weighted by Gasteiger charge is 2.25. The molecule has 0 saturated heterocycles. The van der Waals surface area contributed by atoms with E-state index in [9.17, 15) is 0 Å². The molecule has 1 aromatic carbocycles. The average molecular weight is 285 g/mol. The molecule has 96 valence electrons. The standard InChI is InChI=1S/C12H14Cl2N4/c1-12(2,3)10-11(15)16-17-18(10)9-5-4-7(13)6-8(9)14/h4-6H,15H2,1-3H3. The van der Waals surface area contributed by atoms with E-state index < -0.39 is 0 Å². The van der Waals surface area contributed by atoms with E-state index in [1.807, 2.05) is 20.8 Å². The molecule has 0 aliphatic heterocycles. The first-order valence-electron chi connectivity index (χ1n) is 5.48. The molecule has 0 aliphatic rings. The first-order valence-corrected chi connectivity index (χ1v) is 6.23.